The number of amides is 2. The van der Waals surface area contributed by atoms with Gasteiger partial charge in [0, 0.05) is 19.1 Å². The van der Waals surface area contributed by atoms with Crippen LogP contribution in [0.25, 0.3) is 10.2 Å². The monoisotopic (exact) mass is 486 g/mol. The highest BCUT2D eigenvalue weighted by atomic mass is 32.1. The fourth-order valence-corrected chi connectivity index (χ4v) is 6.44. The van der Waals surface area contributed by atoms with Crippen molar-refractivity contribution in [1.29, 1.82) is 0 Å². The second kappa shape index (κ2) is 11.3. The van der Waals surface area contributed by atoms with E-state index in [0.29, 0.717) is 13.1 Å². The highest BCUT2D eigenvalue weighted by Gasteiger charge is 2.48. The number of nitrogens with one attached hydrogen (secondary N) is 1. The molecule has 0 aromatic carbocycles. The summed E-state index contributed by atoms with van der Waals surface area (Å²) in [6, 6.07) is 4.30. The first-order valence-corrected chi connectivity index (χ1v) is 14.3. The standard InChI is InChI=1S/C27H42N4O2S/c1-4-6-15-29(5-2)16-17-31-25(32)23-19-24-22(14-18-34-24)30(23)20-27(31,3)26(33)28-21-12-10-8-7-9-11-13-21/h14,18-19,21H,4-13,15-17,20H2,1-3H3,(H,28,33). The maximum absolute atomic E-state index is 13.9. The summed E-state index contributed by atoms with van der Waals surface area (Å²) >= 11 is 1.66. The summed E-state index contributed by atoms with van der Waals surface area (Å²) in [4.78, 5) is 32.0. The lowest BCUT2D eigenvalue weighted by atomic mass is 9.92. The maximum atomic E-state index is 13.9. The van der Waals surface area contributed by atoms with Gasteiger partial charge in [0.05, 0.1) is 16.8 Å². The zero-order valence-electron chi connectivity index (χ0n) is 21.3. The Morgan fingerprint density at radius 2 is 1.91 bits per heavy atom. The Kier molecular flexibility index (Phi) is 8.35. The molecule has 1 atom stereocenters. The van der Waals surface area contributed by atoms with E-state index in [0.717, 1.165) is 61.2 Å². The number of thiophene rings is 1. The minimum Gasteiger partial charge on any atom is -0.351 e. The highest BCUT2D eigenvalue weighted by molar-refractivity contribution is 7.17. The molecular weight excluding hydrogens is 444 g/mol. The van der Waals surface area contributed by atoms with E-state index in [9.17, 15) is 9.59 Å². The maximum Gasteiger partial charge on any atom is 0.271 e. The van der Waals surface area contributed by atoms with Gasteiger partial charge in [0.15, 0.2) is 0 Å². The minimum atomic E-state index is -0.898. The number of hydrogen-bond acceptors (Lipinski definition) is 4. The molecule has 34 heavy (non-hydrogen) atoms. The molecule has 0 radical (unpaired) electrons. The van der Waals surface area contributed by atoms with Crippen molar-refractivity contribution in [3.63, 3.8) is 0 Å². The molecule has 1 N–H and O–H groups in total. The molecule has 0 saturated heterocycles. The average Bonchev–Trinajstić information content (AvgIpc) is 3.39. The molecule has 6 nitrogen and oxygen atoms in total. The van der Waals surface area contributed by atoms with Crippen molar-refractivity contribution in [3.05, 3.63) is 23.2 Å². The van der Waals surface area contributed by atoms with Crippen LogP contribution in [0.15, 0.2) is 17.5 Å². The number of aromatic nitrogens is 1. The second-order valence-electron chi connectivity index (χ2n) is 10.3. The third kappa shape index (κ3) is 5.20. The van der Waals surface area contributed by atoms with E-state index in [1.807, 2.05) is 17.9 Å². The van der Waals surface area contributed by atoms with Gasteiger partial charge < -0.3 is 19.7 Å². The normalized spacial score (nSPS) is 22.1. The number of carbonyl (C=O) groups excluding carboxylic acids is 2. The predicted molar refractivity (Wildman–Crippen MR) is 141 cm³/mol. The molecule has 2 aliphatic rings. The number of rotatable bonds is 9. The lowest BCUT2D eigenvalue weighted by molar-refractivity contribution is -0.133. The summed E-state index contributed by atoms with van der Waals surface area (Å²) in [7, 11) is 0. The molecule has 1 fully saturated rings. The number of carbonyl (C=O) groups is 2. The molecule has 3 heterocycles. The zero-order valence-corrected chi connectivity index (χ0v) is 22.1. The summed E-state index contributed by atoms with van der Waals surface area (Å²) in [5.74, 6) is -0.0118. The Hall–Kier alpha value is -1.86. The van der Waals surface area contributed by atoms with Gasteiger partial charge in [-0.2, -0.15) is 0 Å². The summed E-state index contributed by atoms with van der Waals surface area (Å²) in [5.41, 5.74) is 0.885. The largest absolute Gasteiger partial charge is 0.351 e. The molecule has 1 aliphatic heterocycles. The van der Waals surface area contributed by atoms with E-state index in [-0.39, 0.29) is 17.9 Å². The van der Waals surface area contributed by atoms with E-state index in [1.54, 1.807) is 11.3 Å². The van der Waals surface area contributed by atoms with Crippen molar-refractivity contribution in [2.75, 3.05) is 26.2 Å². The lowest BCUT2D eigenvalue weighted by Gasteiger charge is -2.45. The molecule has 1 unspecified atom stereocenters. The van der Waals surface area contributed by atoms with Crippen LogP contribution >= 0.6 is 11.3 Å². The number of hydrogen-bond donors (Lipinski definition) is 1. The second-order valence-corrected chi connectivity index (χ2v) is 11.3. The Labute approximate surface area is 208 Å². The van der Waals surface area contributed by atoms with Crippen LogP contribution in [0.1, 0.15) is 89.0 Å². The first-order chi connectivity index (χ1) is 16.5. The van der Waals surface area contributed by atoms with Crippen LogP contribution in [0.4, 0.5) is 0 Å². The van der Waals surface area contributed by atoms with Gasteiger partial charge in [-0.15, -0.1) is 11.3 Å². The van der Waals surface area contributed by atoms with Crippen LogP contribution in [0, 0.1) is 0 Å². The van der Waals surface area contributed by atoms with Gasteiger partial charge in [0.2, 0.25) is 5.91 Å². The molecule has 1 aliphatic carbocycles. The third-order valence-electron chi connectivity index (χ3n) is 7.89. The van der Waals surface area contributed by atoms with Gasteiger partial charge in [-0.3, -0.25) is 9.59 Å². The zero-order chi connectivity index (χ0) is 24.1. The van der Waals surface area contributed by atoms with E-state index in [1.165, 1.54) is 32.1 Å². The summed E-state index contributed by atoms with van der Waals surface area (Å²) in [6.45, 7) is 10.2. The van der Waals surface area contributed by atoms with Crippen LogP contribution in [0.5, 0.6) is 0 Å². The number of unbranched alkanes of at least 4 members (excludes halogenated alkanes) is 1. The summed E-state index contributed by atoms with van der Waals surface area (Å²) < 4.78 is 3.20. The van der Waals surface area contributed by atoms with Crippen LogP contribution < -0.4 is 5.32 Å². The van der Waals surface area contributed by atoms with Crippen molar-refractivity contribution in [1.82, 2.24) is 19.7 Å². The minimum absolute atomic E-state index is 0.00533. The van der Waals surface area contributed by atoms with Crippen molar-refractivity contribution >= 4 is 33.4 Å². The van der Waals surface area contributed by atoms with Gasteiger partial charge in [-0.25, -0.2) is 0 Å². The van der Waals surface area contributed by atoms with Crippen molar-refractivity contribution in [2.45, 2.75) is 96.7 Å². The third-order valence-corrected chi connectivity index (χ3v) is 8.75. The Morgan fingerprint density at radius 1 is 1.18 bits per heavy atom. The van der Waals surface area contributed by atoms with Gasteiger partial charge in [0.1, 0.15) is 11.2 Å². The van der Waals surface area contributed by atoms with Crippen LogP contribution in [-0.2, 0) is 11.3 Å². The number of nitrogens with zero attached hydrogens (tertiary/aromatic N) is 3. The van der Waals surface area contributed by atoms with E-state index >= 15 is 0 Å². The van der Waals surface area contributed by atoms with Crippen LogP contribution in [-0.4, -0.2) is 63.9 Å². The predicted octanol–water partition coefficient (Wildman–Crippen LogP) is 5.27. The molecule has 0 bridgehead atoms. The van der Waals surface area contributed by atoms with Crippen molar-refractivity contribution in [2.24, 2.45) is 0 Å². The molecule has 0 spiro atoms. The van der Waals surface area contributed by atoms with E-state index in [4.69, 9.17) is 0 Å². The number of fused-ring (bicyclic) bond motifs is 3. The fourth-order valence-electron chi connectivity index (χ4n) is 5.62. The SMILES string of the molecule is CCCCN(CC)CCN1C(=O)c2cc3sccc3n2CC1(C)C(=O)NC1CCCCCCC1. The average molecular weight is 487 g/mol. The molecule has 188 valence electrons. The first-order valence-electron chi connectivity index (χ1n) is 13.4. The van der Waals surface area contributed by atoms with Gasteiger partial charge in [-0.05, 0) is 56.8 Å². The molecule has 2 aromatic rings. The number of likely N-dealkylation sites (N-methyl/N-ethyl adjacent to an activating group) is 1. The van der Waals surface area contributed by atoms with Crippen LogP contribution in [0.2, 0.25) is 0 Å². The topological polar surface area (TPSA) is 57.6 Å². The fraction of sp³-hybridized carbons (Fsp3) is 0.704. The summed E-state index contributed by atoms with van der Waals surface area (Å²) in [6.07, 6.45) is 10.5. The Morgan fingerprint density at radius 3 is 2.62 bits per heavy atom. The van der Waals surface area contributed by atoms with E-state index in [2.05, 4.69) is 40.1 Å². The highest BCUT2D eigenvalue weighted by Crippen LogP contribution is 2.34. The molecule has 1 saturated carbocycles. The van der Waals surface area contributed by atoms with E-state index < -0.39 is 5.54 Å². The molecule has 7 heteroatoms. The Balaban J connectivity index is 1.59. The van der Waals surface area contributed by atoms with Crippen molar-refractivity contribution < 1.29 is 9.59 Å². The van der Waals surface area contributed by atoms with Crippen molar-refractivity contribution in [3.8, 4) is 0 Å². The molecular formula is C27H42N4O2S. The van der Waals surface area contributed by atoms with Crippen LogP contribution in [0.3, 0.4) is 0 Å². The smallest absolute Gasteiger partial charge is 0.271 e. The van der Waals surface area contributed by atoms with Gasteiger partial charge in [0.25, 0.3) is 5.91 Å². The molecule has 4 rings (SSSR count). The van der Waals surface area contributed by atoms with Gasteiger partial charge >= 0.3 is 0 Å². The lowest BCUT2D eigenvalue weighted by Crippen LogP contribution is -2.65. The Bertz CT molecular complexity index is 975. The molecule has 2 amide bonds. The quantitative estimate of drug-likeness (QED) is 0.525. The summed E-state index contributed by atoms with van der Waals surface area (Å²) in [5, 5.41) is 5.45. The molecule has 2 aromatic heterocycles. The first kappa shape index (κ1) is 25.2. The van der Waals surface area contributed by atoms with Gasteiger partial charge in [-0.1, -0.05) is 52.4 Å².